The van der Waals surface area contributed by atoms with Crippen LogP contribution in [0.25, 0.3) is 0 Å². The third-order valence-corrected chi connectivity index (χ3v) is 3.07. The summed E-state index contributed by atoms with van der Waals surface area (Å²) < 4.78 is 2.05. The van der Waals surface area contributed by atoms with Gasteiger partial charge in [-0.25, -0.2) is 14.9 Å². The zero-order valence-corrected chi connectivity index (χ0v) is 9.99. The van der Waals surface area contributed by atoms with Crippen LogP contribution in [-0.2, 0) is 0 Å². The van der Waals surface area contributed by atoms with Gasteiger partial charge < -0.3 is 0 Å². The lowest BCUT2D eigenvalue weighted by molar-refractivity contribution is -0.449. The van der Waals surface area contributed by atoms with Crippen molar-refractivity contribution in [1.82, 2.24) is 4.98 Å². The number of nitrogens with one attached hydrogen (secondary N) is 1. The minimum absolute atomic E-state index is 0.901. The molecular formula is C9H14N3S2+. The van der Waals surface area contributed by atoms with E-state index in [9.17, 15) is 0 Å². The molecule has 1 heterocycles. The first kappa shape index (κ1) is 11.3. The van der Waals surface area contributed by atoms with E-state index >= 15 is 0 Å². The highest BCUT2D eigenvalue weighted by molar-refractivity contribution is 8.13. The maximum absolute atomic E-state index is 4.17. The molecule has 3 nitrogen and oxygen atoms in total. The van der Waals surface area contributed by atoms with E-state index in [1.807, 2.05) is 22.4 Å². The van der Waals surface area contributed by atoms with Crippen LogP contribution in [0.15, 0.2) is 24.4 Å². The van der Waals surface area contributed by atoms with Gasteiger partial charge in [-0.2, -0.15) is 0 Å². The molecule has 76 valence electrons. The van der Waals surface area contributed by atoms with Crippen molar-refractivity contribution >= 4 is 33.4 Å². The van der Waals surface area contributed by atoms with E-state index in [0.29, 0.717) is 0 Å². The van der Waals surface area contributed by atoms with Crippen molar-refractivity contribution in [2.75, 3.05) is 18.1 Å². The molecule has 0 atom stereocenters. The van der Waals surface area contributed by atoms with Crippen molar-refractivity contribution in [3.63, 3.8) is 0 Å². The van der Waals surface area contributed by atoms with E-state index in [1.54, 1.807) is 29.3 Å². The highest BCUT2D eigenvalue weighted by Gasteiger charge is 2.11. The van der Waals surface area contributed by atoms with E-state index in [-0.39, 0.29) is 0 Å². The van der Waals surface area contributed by atoms with Gasteiger partial charge in [-0.15, -0.1) is 0 Å². The number of amidine groups is 1. The predicted octanol–water partition coefficient (Wildman–Crippen LogP) is 2.45. The molecule has 0 aliphatic heterocycles. The molecule has 0 saturated heterocycles. The van der Waals surface area contributed by atoms with Crippen molar-refractivity contribution in [3.05, 3.63) is 24.4 Å². The van der Waals surface area contributed by atoms with E-state index in [2.05, 4.69) is 23.8 Å². The van der Waals surface area contributed by atoms with Gasteiger partial charge in [-0.05, 0) is 24.9 Å². The molecule has 0 radical (unpaired) electrons. The zero-order chi connectivity index (χ0) is 10.4. The molecule has 0 aliphatic carbocycles. The Hall–Kier alpha value is -0.810. The Morgan fingerprint density at radius 2 is 2.64 bits per heavy atom. The van der Waals surface area contributed by atoms with Gasteiger partial charge in [0.05, 0.1) is 12.7 Å². The average molecular weight is 228 g/mol. The number of aromatic nitrogens is 1. The molecule has 0 aromatic carbocycles. The number of hydrogen-bond acceptors (Lipinski definition) is 3. The van der Waals surface area contributed by atoms with E-state index in [0.717, 1.165) is 16.8 Å². The lowest BCUT2D eigenvalue weighted by Crippen LogP contribution is -2.20. The fourth-order valence-corrected chi connectivity index (χ4v) is 2.20. The molecule has 1 N–H and O–H groups in total. The molecule has 1 aromatic heterocycles. The largest absolute Gasteiger partial charge is 0.317 e. The van der Waals surface area contributed by atoms with Crippen molar-refractivity contribution in [2.24, 2.45) is 0 Å². The minimum Gasteiger partial charge on any atom is -0.229 e. The molecule has 0 saturated carbocycles. The topological polar surface area (TPSA) is 27.9 Å². The fraction of sp³-hybridized carbons (Fsp3) is 0.333. The van der Waals surface area contributed by atoms with Gasteiger partial charge >= 0.3 is 5.17 Å². The van der Waals surface area contributed by atoms with Crippen molar-refractivity contribution in [3.8, 4) is 0 Å². The van der Waals surface area contributed by atoms with Crippen molar-refractivity contribution in [1.29, 1.82) is 0 Å². The summed E-state index contributed by atoms with van der Waals surface area (Å²) in [5, 5.41) is 7.17. The summed E-state index contributed by atoms with van der Waals surface area (Å²) in [6, 6.07) is 0. The zero-order valence-electron chi connectivity index (χ0n) is 8.36. The summed E-state index contributed by atoms with van der Waals surface area (Å²) in [7, 11) is 0. The summed E-state index contributed by atoms with van der Waals surface area (Å²) in [5.74, 6) is 0. The Labute approximate surface area is 92.6 Å². The second kappa shape index (κ2) is 5.82. The van der Waals surface area contributed by atoms with Gasteiger partial charge in [-0.1, -0.05) is 17.9 Å². The first-order valence-corrected chi connectivity index (χ1v) is 6.39. The van der Waals surface area contributed by atoms with Crippen LogP contribution in [0.4, 0.5) is 5.13 Å². The first-order chi connectivity index (χ1) is 6.81. The molecule has 0 amide bonds. The van der Waals surface area contributed by atoms with Crippen molar-refractivity contribution in [2.45, 2.75) is 6.92 Å². The standard InChI is InChI=1S/C9H13N3S2/c1-4-12(5-2)9(13-3)11-8-10-6-7-14-8/h4,6-7H,1,5H2,2-3H3/p+1. The van der Waals surface area contributed by atoms with E-state index in [1.165, 1.54) is 0 Å². The van der Waals surface area contributed by atoms with Gasteiger partial charge in [0, 0.05) is 11.6 Å². The third kappa shape index (κ3) is 2.85. The Bertz CT molecular complexity index is 317. The van der Waals surface area contributed by atoms with Crippen LogP contribution in [0.1, 0.15) is 6.92 Å². The van der Waals surface area contributed by atoms with Crippen molar-refractivity contribution < 1.29 is 4.58 Å². The number of rotatable bonds is 3. The van der Waals surface area contributed by atoms with Crippen LogP contribution in [0.2, 0.25) is 0 Å². The second-order valence-electron chi connectivity index (χ2n) is 2.44. The number of anilines is 1. The molecule has 0 bridgehead atoms. The summed E-state index contributed by atoms with van der Waals surface area (Å²) in [6.45, 7) is 6.75. The fourth-order valence-electron chi connectivity index (χ4n) is 0.972. The number of thioether (sulfide) groups is 1. The Balaban J connectivity index is 2.81. The molecular weight excluding hydrogens is 214 g/mol. The normalized spacial score (nSPS) is 12.1. The van der Waals surface area contributed by atoms with Crippen LogP contribution in [0.3, 0.4) is 0 Å². The van der Waals surface area contributed by atoms with E-state index in [4.69, 9.17) is 0 Å². The van der Waals surface area contributed by atoms with Crippen LogP contribution in [0.5, 0.6) is 0 Å². The number of hydrogen-bond donors (Lipinski definition) is 1. The lowest BCUT2D eigenvalue weighted by atomic mass is 10.7. The molecule has 1 rings (SSSR count). The molecule has 0 spiro atoms. The van der Waals surface area contributed by atoms with Gasteiger partial charge in [0.1, 0.15) is 0 Å². The van der Waals surface area contributed by atoms with Gasteiger partial charge in [-0.3, -0.25) is 0 Å². The summed E-state index contributed by atoms with van der Waals surface area (Å²) >= 11 is 3.24. The molecule has 1 aromatic rings. The maximum atomic E-state index is 4.17. The summed E-state index contributed by atoms with van der Waals surface area (Å²) in [6.07, 6.45) is 5.63. The van der Waals surface area contributed by atoms with Gasteiger partial charge in [0.15, 0.2) is 0 Å². The lowest BCUT2D eigenvalue weighted by Gasteiger charge is -2.02. The highest BCUT2D eigenvalue weighted by atomic mass is 32.2. The second-order valence-corrected chi connectivity index (χ2v) is 4.13. The maximum Gasteiger partial charge on any atom is 0.317 e. The Kier molecular flexibility index (Phi) is 4.69. The van der Waals surface area contributed by atoms with Crippen LogP contribution in [0, 0.1) is 0 Å². The average Bonchev–Trinajstić information content (AvgIpc) is 2.70. The molecule has 0 aliphatic rings. The third-order valence-electron chi connectivity index (χ3n) is 1.66. The summed E-state index contributed by atoms with van der Waals surface area (Å²) in [4.78, 5) is 4.17. The van der Waals surface area contributed by atoms with Crippen LogP contribution < -0.4 is 5.32 Å². The molecule has 0 fully saturated rings. The van der Waals surface area contributed by atoms with E-state index < -0.39 is 0 Å². The number of nitrogens with zero attached hydrogens (tertiary/aromatic N) is 2. The number of thiazole rings is 1. The Morgan fingerprint density at radius 3 is 3.07 bits per heavy atom. The monoisotopic (exact) mass is 228 g/mol. The van der Waals surface area contributed by atoms with Crippen LogP contribution >= 0.6 is 23.1 Å². The van der Waals surface area contributed by atoms with Crippen LogP contribution in [-0.4, -0.2) is 27.5 Å². The quantitative estimate of drug-likeness (QED) is 0.489. The minimum atomic E-state index is 0.901. The van der Waals surface area contributed by atoms with Gasteiger partial charge in [0.2, 0.25) is 0 Å². The van der Waals surface area contributed by atoms with Gasteiger partial charge in [0.25, 0.3) is 5.13 Å². The molecule has 14 heavy (non-hydrogen) atoms. The molecule has 0 unspecified atom stereocenters. The summed E-state index contributed by atoms with van der Waals surface area (Å²) in [5.41, 5.74) is 0. The predicted molar refractivity (Wildman–Crippen MR) is 65.3 cm³/mol. The molecule has 5 heteroatoms. The Morgan fingerprint density at radius 1 is 1.86 bits per heavy atom. The SMILES string of the molecule is C=C[N+](CC)=C(Nc1nccs1)SC. The first-order valence-electron chi connectivity index (χ1n) is 4.28. The smallest absolute Gasteiger partial charge is 0.229 e. The highest BCUT2D eigenvalue weighted by Crippen LogP contribution is 2.12.